The van der Waals surface area contributed by atoms with E-state index in [1.54, 1.807) is 12.1 Å². The number of ether oxygens (including phenoxy) is 1. The van der Waals surface area contributed by atoms with Gasteiger partial charge in [0.05, 0.1) is 5.02 Å². The maximum atomic E-state index is 11.3. The van der Waals surface area contributed by atoms with Crippen molar-refractivity contribution in [3.8, 4) is 11.5 Å². The summed E-state index contributed by atoms with van der Waals surface area (Å²) in [6, 6.07) is 8.58. The van der Waals surface area contributed by atoms with Gasteiger partial charge in [-0.3, -0.25) is 4.55 Å². The molecule has 0 radical (unpaired) electrons. The average molecular weight is 334 g/mol. The molecule has 5 nitrogen and oxygen atoms in total. The van der Waals surface area contributed by atoms with Crippen LogP contribution in [-0.2, 0) is 10.1 Å². The van der Waals surface area contributed by atoms with Crippen molar-refractivity contribution in [1.82, 2.24) is 0 Å². The van der Waals surface area contributed by atoms with Crippen LogP contribution in [0.2, 0.25) is 10.0 Å². The van der Waals surface area contributed by atoms with E-state index in [2.05, 4.69) is 0 Å². The van der Waals surface area contributed by atoms with Crippen LogP contribution in [0.4, 0.5) is 5.69 Å². The van der Waals surface area contributed by atoms with Crippen LogP contribution in [0, 0.1) is 0 Å². The van der Waals surface area contributed by atoms with Gasteiger partial charge in [0, 0.05) is 10.7 Å². The second-order valence-electron chi connectivity index (χ2n) is 3.86. The molecular formula is C12H9Cl2NO4S. The summed E-state index contributed by atoms with van der Waals surface area (Å²) >= 11 is 11.6. The second kappa shape index (κ2) is 5.49. The molecule has 0 aromatic heterocycles. The molecule has 0 saturated heterocycles. The largest absolute Gasteiger partial charge is 0.454 e. The Morgan fingerprint density at radius 1 is 1.10 bits per heavy atom. The van der Waals surface area contributed by atoms with Gasteiger partial charge in [-0.25, -0.2) is 0 Å². The molecule has 0 heterocycles. The van der Waals surface area contributed by atoms with Gasteiger partial charge in [0.2, 0.25) is 0 Å². The van der Waals surface area contributed by atoms with Crippen LogP contribution in [0.1, 0.15) is 0 Å². The van der Waals surface area contributed by atoms with E-state index in [-0.39, 0.29) is 15.8 Å². The van der Waals surface area contributed by atoms with Crippen LogP contribution >= 0.6 is 23.2 Å². The van der Waals surface area contributed by atoms with Gasteiger partial charge < -0.3 is 10.5 Å². The molecule has 2 aromatic rings. The van der Waals surface area contributed by atoms with Gasteiger partial charge in [-0.15, -0.1) is 0 Å². The van der Waals surface area contributed by atoms with Gasteiger partial charge in [0.1, 0.15) is 10.6 Å². The average Bonchev–Trinajstić information content (AvgIpc) is 2.33. The highest BCUT2D eigenvalue weighted by atomic mass is 35.5. The van der Waals surface area contributed by atoms with Crippen molar-refractivity contribution in [3.63, 3.8) is 0 Å². The van der Waals surface area contributed by atoms with Crippen LogP contribution < -0.4 is 10.5 Å². The number of nitrogen functional groups attached to an aromatic ring is 1. The Kier molecular flexibility index (Phi) is 4.10. The van der Waals surface area contributed by atoms with Crippen molar-refractivity contribution < 1.29 is 17.7 Å². The molecule has 106 valence electrons. The molecule has 0 amide bonds. The van der Waals surface area contributed by atoms with E-state index in [9.17, 15) is 13.0 Å². The van der Waals surface area contributed by atoms with Crippen molar-refractivity contribution in [2.45, 2.75) is 4.90 Å². The highest BCUT2D eigenvalue weighted by Gasteiger charge is 2.21. The summed E-state index contributed by atoms with van der Waals surface area (Å²) in [5.74, 6) is 0.108. The molecule has 20 heavy (non-hydrogen) atoms. The molecule has 0 unspecified atom stereocenters. The molecule has 0 aliphatic rings. The fourth-order valence-electron chi connectivity index (χ4n) is 1.48. The number of nitrogens with two attached hydrogens (primary N) is 1. The number of anilines is 1. The number of rotatable bonds is 3. The number of hydrogen-bond acceptors (Lipinski definition) is 4. The van der Waals surface area contributed by atoms with E-state index >= 15 is 0 Å². The van der Waals surface area contributed by atoms with Gasteiger partial charge in [-0.05, 0) is 36.4 Å². The van der Waals surface area contributed by atoms with Gasteiger partial charge in [0.15, 0.2) is 5.75 Å². The maximum Gasteiger partial charge on any atom is 0.298 e. The quantitative estimate of drug-likeness (QED) is 0.661. The lowest BCUT2D eigenvalue weighted by atomic mass is 10.3. The smallest absolute Gasteiger partial charge is 0.298 e. The lowest BCUT2D eigenvalue weighted by Crippen LogP contribution is -2.02. The molecule has 0 spiro atoms. The number of halogens is 2. The topological polar surface area (TPSA) is 89.6 Å². The van der Waals surface area contributed by atoms with E-state index in [1.165, 1.54) is 18.2 Å². The maximum absolute atomic E-state index is 11.3. The number of hydrogen-bond donors (Lipinski definition) is 2. The summed E-state index contributed by atoms with van der Waals surface area (Å²) in [5.41, 5.74) is 6.06. The summed E-state index contributed by atoms with van der Waals surface area (Å²) < 4.78 is 37.3. The van der Waals surface area contributed by atoms with Crippen molar-refractivity contribution >= 4 is 39.0 Å². The lowest BCUT2D eigenvalue weighted by Gasteiger charge is -2.12. The predicted octanol–water partition coefficient (Wildman–Crippen LogP) is 3.61. The van der Waals surface area contributed by atoms with Crippen LogP contribution in [0.25, 0.3) is 0 Å². The fourth-order valence-corrected chi connectivity index (χ4v) is 2.80. The van der Waals surface area contributed by atoms with Crippen LogP contribution in [0.5, 0.6) is 11.5 Å². The summed E-state index contributed by atoms with van der Waals surface area (Å²) in [4.78, 5) is -0.508. The van der Waals surface area contributed by atoms with E-state index in [0.717, 1.165) is 6.07 Å². The zero-order valence-electron chi connectivity index (χ0n) is 9.88. The third-order valence-corrected chi connectivity index (χ3v) is 3.71. The molecule has 0 saturated carbocycles. The molecule has 0 aliphatic carbocycles. The summed E-state index contributed by atoms with van der Waals surface area (Å²) in [5, 5.41) is 0.0224. The molecule has 2 aromatic carbocycles. The summed E-state index contributed by atoms with van der Waals surface area (Å²) in [6.45, 7) is 0. The first-order valence-electron chi connectivity index (χ1n) is 5.27. The Hall–Kier alpha value is -1.47. The summed E-state index contributed by atoms with van der Waals surface area (Å²) in [7, 11) is -4.53. The Morgan fingerprint density at radius 3 is 2.25 bits per heavy atom. The van der Waals surface area contributed by atoms with E-state index in [0.29, 0.717) is 11.4 Å². The monoisotopic (exact) mass is 333 g/mol. The molecule has 8 heteroatoms. The van der Waals surface area contributed by atoms with Gasteiger partial charge in [0.25, 0.3) is 10.1 Å². The van der Waals surface area contributed by atoms with E-state index in [1.807, 2.05) is 0 Å². The highest BCUT2D eigenvalue weighted by Crippen LogP contribution is 2.38. The molecular weight excluding hydrogens is 325 g/mol. The first-order chi connectivity index (χ1) is 9.27. The zero-order chi connectivity index (χ0) is 14.9. The first kappa shape index (κ1) is 14.9. The SMILES string of the molecule is Nc1ccc(Oc2c(Cl)cc(Cl)cc2S(=O)(=O)O)cc1. The minimum absolute atomic E-state index is 0.0399. The Morgan fingerprint density at radius 2 is 1.70 bits per heavy atom. The summed E-state index contributed by atoms with van der Waals surface area (Å²) in [6.07, 6.45) is 0. The van der Waals surface area contributed by atoms with Crippen LogP contribution in [0.15, 0.2) is 41.3 Å². The molecule has 0 fully saturated rings. The lowest BCUT2D eigenvalue weighted by molar-refractivity contribution is 0.450. The number of benzene rings is 2. The molecule has 0 atom stereocenters. The third kappa shape index (κ3) is 3.34. The zero-order valence-corrected chi connectivity index (χ0v) is 12.2. The van der Waals surface area contributed by atoms with Gasteiger partial charge in [-0.1, -0.05) is 23.2 Å². The molecule has 0 bridgehead atoms. The van der Waals surface area contributed by atoms with E-state index in [4.69, 9.17) is 33.7 Å². The molecule has 0 aliphatic heterocycles. The normalized spacial score (nSPS) is 11.3. The van der Waals surface area contributed by atoms with Crippen molar-refractivity contribution in [1.29, 1.82) is 0 Å². The molecule has 2 rings (SSSR count). The Bertz CT molecular complexity index is 745. The highest BCUT2D eigenvalue weighted by molar-refractivity contribution is 7.86. The first-order valence-corrected chi connectivity index (χ1v) is 7.47. The van der Waals surface area contributed by atoms with Crippen molar-refractivity contribution in [2.24, 2.45) is 0 Å². The van der Waals surface area contributed by atoms with Crippen LogP contribution in [-0.4, -0.2) is 13.0 Å². The third-order valence-electron chi connectivity index (χ3n) is 2.35. The Balaban J connectivity index is 2.53. The van der Waals surface area contributed by atoms with Crippen LogP contribution in [0.3, 0.4) is 0 Å². The van der Waals surface area contributed by atoms with Gasteiger partial charge in [-0.2, -0.15) is 8.42 Å². The minimum atomic E-state index is -4.53. The van der Waals surface area contributed by atoms with Crippen molar-refractivity contribution in [2.75, 3.05) is 5.73 Å². The Labute approximate surface area is 125 Å². The minimum Gasteiger partial charge on any atom is -0.454 e. The second-order valence-corrected chi connectivity index (χ2v) is 6.09. The van der Waals surface area contributed by atoms with E-state index < -0.39 is 15.0 Å². The fraction of sp³-hybridized carbons (Fsp3) is 0. The van der Waals surface area contributed by atoms with Gasteiger partial charge >= 0.3 is 0 Å². The van der Waals surface area contributed by atoms with Crippen molar-refractivity contribution in [3.05, 3.63) is 46.4 Å². The predicted molar refractivity (Wildman–Crippen MR) is 77.2 cm³/mol. The standard InChI is InChI=1S/C12H9Cl2NO4S/c13-7-5-10(14)12(11(6-7)20(16,17)18)19-9-3-1-8(15)2-4-9/h1-6H,15H2,(H,16,17,18). The molecule has 3 N–H and O–H groups in total.